The van der Waals surface area contributed by atoms with Crippen molar-refractivity contribution in [2.75, 3.05) is 18.9 Å². The molecule has 0 fully saturated rings. The van der Waals surface area contributed by atoms with Crippen molar-refractivity contribution in [1.29, 1.82) is 0 Å². The van der Waals surface area contributed by atoms with Crippen LogP contribution in [0.1, 0.15) is 35.6 Å². The van der Waals surface area contributed by atoms with Crippen LogP contribution >= 0.6 is 0 Å². The summed E-state index contributed by atoms with van der Waals surface area (Å²) in [6.07, 6.45) is 3.30. The molecule has 0 spiro atoms. The number of hydrogen-bond acceptors (Lipinski definition) is 2. The van der Waals surface area contributed by atoms with Crippen LogP contribution in [-0.2, 0) is 11.2 Å². The second-order valence-corrected chi connectivity index (χ2v) is 6.53. The Bertz CT molecular complexity index is 744. The van der Waals surface area contributed by atoms with Crippen LogP contribution in [0.4, 0.5) is 10.1 Å². The van der Waals surface area contributed by atoms with Gasteiger partial charge in [-0.15, -0.1) is 0 Å². The molecule has 0 unspecified atom stereocenters. The number of benzene rings is 2. The molecule has 1 atom stereocenters. The monoisotopic (exact) mass is 326 g/mol. The van der Waals surface area contributed by atoms with Gasteiger partial charge in [-0.1, -0.05) is 30.3 Å². The Balaban J connectivity index is 1.65. The average molecular weight is 326 g/mol. The van der Waals surface area contributed by atoms with Gasteiger partial charge < -0.3 is 5.32 Å². The number of amides is 1. The molecule has 0 aliphatic heterocycles. The number of hydrogen-bond donors (Lipinski definition) is 1. The van der Waals surface area contributed by atoms with Crippen molar-refractivity contribution >= 4 is 11.6 Å². The maximum Gasteiger partial charge on any atom is 0.238 e. The number of carbonyl (C=O) groups is 1. The maximum absolute atomic E-state index is 13.6. The predicted octanol–water partition coefficient (Wildman–Crippen LogP) is 4.08. The van der Waals surface area contributed by atoms with E-state index in [0.717, 1.165) is 19.3 Å². The van der Waals surface area contributed by atoms with E-state index in [4.69, 9.17) is 0 Å². The van der Waals surface area contributed by atoms with E-state index in [-0.39, 0.29) is 24.3 Å². The summed E-state index contributed by atoms with van der Waals surface area (Å²) >= 11 is 0. The summed E-state index contributed by atoms with van der Waals surface area (Å²) in [5.41, 5.74) is 3.77. The van der Waals surface area contributed by atoms with Crippen molar-refractivity contribution in [2.45, 2.75) is 32.2 Å². The Labute approximate surface area is 142 Å². The molecule has 2 aromatic carbocycles. The van der Waals surface area contributed by atoms with E-state index in [1.165, 1.54) is 17.2 Å². The molecule has 1 aliphatic carbocycles. The molecule has 3 nitrogen and oxygen atoms in total. The maximum atomic E-state index is 13.6. The highest BCUT2D eigenvalue weighted by molar-refractivity contribution is 5.92. The van der Waals surface area contributed by atoms with Crippen molar-refractivity contribution in [3.05, 3.63) is 65.0 Å². The third kappa shape index (κ3) is 3.65. The van der Waals surface area contributed by atoms with Gasteiger partial charge in [-0.05, 0) is 62.1 Å². The van der Waals surface area contributed by atoms with Gasteiger partial charge in [0.1, 0.15) is 5.82 Å². The van der Waals surface area contributed by atoms with Crippen molar-refractivity contribution < 1.29 is 9.18 Å². The van der Waals surface area contributed by atoms with E-state index in [2.05, 4.69) is 34.5 Å². The lowest BCUT2D eigenvalue weighted by Gasteiger charge is -2.32. The fraction of sp³-hybridized carbons (Fsp3) is 0.350. The van der Waals surface area contributed by atoms with Gasteiger partial charge in [0, 0.05) is 11.7 Å². The van der Waals surface area contributed by atoms with Crippen LogP contribution in [0.3, 0.4) is 0 Å². The summed E-state index contributed by atoms with van der Waals surface area (Å²) in [6, 6.07) is 13.5. The van der Waals surface area contributed by atoms with E-state index >= 15 is 0 Å². The molecule has 0 heterocycles. The van der Waals surface area contributed by atoms with Crippen LogP contribution in [0.15, 0.2) is 42.5 Å². The molecule has 1 N–H and O–H groups in total. The quantitative estimate of drug-likeness (QED) is 0.918. The minimum Gasteiger partial charge on any atom is -0.325 e. The fourth-order valence-electron chi connectivity index (χ4n) is 3.39. The number of carbonyl (C=O) groups excluding carboxylic acids is 1. The van der Waals surface area contributed by atoms with Crippen molar-refractivity contribution in [2.24, 2.45) is 0 Å². The lowest BCUT2D eigenvalue weighted by atomic mass is 9.87. The normalized spacial score (nSPS) is 16.8. The van der Waals surface area contributed by atoms with Gasteiger partial charge >= 0.3 is 0 Å². The lowest BCUT2D eigenvalue weighted by Crippen LogP contribution is -2.34. The van der Waals surface area contributed by atoms with Crippen LogP contribution in [0, 0.1) is 12.7 Å². The molecule has 2 aromatic rings. The summed E-state index contributed by atoms with van der Waals surface area (Å²) in [4.78, 5) is 14.4. The Morgan fingerprint density at radius 2 is 2.08 bits per heavy atom. The first kappa shape index (κ1) is 16.7. The van der Waals surface area contributed by atoms with E-state index in [1.807, 2.05) is 7.05 Å². The molecule has 4 heteroatoms. The Morgan fingerprint density at radius 1 is 1.29 bits per heavy atom. The standard InChI is InChI=1S/C20H23FN2O/c1-14-10-11-16(12-18(14)21)22-20(24)13-23(2)19-9-5-7-15-6-3-4-8-17(15)19/h3-4,6,8,10-12,19H,5,7,9,13H2,1-2H3,(H,22,24)/t19-/m1/s1. The van der Waals surface area contributed by atoms with Crippen molar-refractivity contribution in [3.63, 3.8) is 0 Å². The summed E-state index contributed by atoms with van der Waals surface area (Å²) in [6.45, 7) is 1.99. The van der Waals surface area contributed by atoms with Gasteiger partial charge in [0.2, 0.25) is 5.91 Å². The molecule has 0 aromatic heterocycles. The minimum atomic E-state index is -0.303. The number of nitrogens with zero attached hydrogens (tertiary/aromatic N) is 1. The van der Waals surface area contributed by atoms with Crippen LogP contribution in [-0.4, -0.2) is 24.4 Å². The Hall–Kier alpha value is -2.20. The molecule has 126 valence electrons. The van der Waals surface area contributed by atoms with E-state index in [9.17, 15) is 9.18 Å². The van der Waals surface area contributed by atoms with Crippen LogP contribution in [0.5, 0.6) is 0 Å². The number of fused-ring (bicyclic) bond motifs is 1. The molecule has 0 radical (unpaired) electrons. The second-order valence-electron chi connectivity index (χ2n) is 6.53. The second kappa shape index (κ2) is 7.14. The highest BCUT2D eigenvalue weighted by Crippen LogP contribution is 2.33. The fourth-order valence-corrected chi connectivity index (χ4v) is 3.39. The summed E-state index contributed by atoms with van der Waals surface area (Å²) in [5.74, 6) is -0.425. The summed E-state index contributed by atoms with van der Waals surface area (Å²) < 4.78 is 13.6. The third-order valence-electron chi connectivity index (χ3n) is 4.72. The van der Waals surface area contributed by atoms with E-state index in [0.29, 0.717) is 11.3 Å². The Kier molecular flexibility index (Phi) is 4.95. The topological polar surface area (TPSA) is 32.3 Å². The summed E-state index contributed by atoms with van der Waals surface area (Å²) in [5, 5.41) is 2.78. The average Bonchev–Trinajstić information content (AvgIpc) is 2.57. The zero-order valence-electron chi connectivity index (χ0n) is 14.2. The minimum absolute atomic E-state index is 0.121. The molecule has 0 saturated carbocycles. The first-order chi connectivity index (χ1) is 11.5. The third-order valence-corrected chi connectivity index (χ3v) is 4.72. The van der Waals surface area contributed by atoms with Crippen molar-refractivity contribution in [3.8, 4) is 0 Å². The van der Waals surface area contributed by atoms with Gasteiger partial charge in [-0.3, -0.25) is 9.69 Å². The molecule has 24 heavy (non-hydrogen) atoms. The van der Waals surface area contributed by atoms with Gasteiger partial charge in [-0.25, -0.2) is 4.39 Å². The molecule has 0 saturated heterocycles. The number of aryl methyl sites for hydroxylation is 2. The number of likely N-dealkylation sites (N-methyl/N-ethyl adjacent to an activating group) is 1. The number of nitrogens with one attached hydrogen (secondary N) is 1. The highest BCUT2D eigenvalue weighted by Gasteiger charge is 2.24. The molecule has 0 bridgehead atoms. The molecule has 1 amide bonds. The lowest BCUT2D eigenvalue weighted by molar-refractivity contribution is -0.117. The largest absolute Gasteiger partial charge is 0.325 e. The zero-order chi connectivity index (χ0) is 17.1. The number of anilines is 1. The molecule has 3 rings (SSSR count). The molecular formula is C20H23FN2O. The smallest absolute Gasteiger partial charge is 0.238 e. The van der Waals surface area contributed by atoms with Crippen LogP contribution in [0.2, 0.25) is 0 Å². The van der Waals surface area contributed by atoms with Gasteiger partial charge in [0.15, 0.2) is 0 Å². The zero-order valence-corrected chi connectivity index (χ0v) is 14.2. The summed E-state index contributed by atoms with van der Waals surface area (Å²) in [7, 11) is 1.97. The first-order valence-electron chi connectivity index (χ1n) is 8.38. The first-order valence-corrected chi connectivity index (χ1v) is 8.38. The SMILES string of the molecule is Cc1ccc(NC(=O)CN(C)[C@@H]2CCCc3ccccc32)cc1F. The van der Waals surface area contributed by atoms with E-state index < -0.39 is 0 Å². The number of rotatable bonds is 4. The number of halogens is 1. The van der Waals surface area contributed by atoms with Crippen LogP contribution < -0.4 is 5.32 Å². The van der Waals surface area contributed by atoms with Crippen molar-refractivity contribution in [1.82, 2.24) is 4.90 Å². The van der Waals surface area contributed by atoms with E-state index in [1.54, 1.807) is 19.1 Å². The highest BCUT2D eigenvalue weighted by atomic mass is 19.1. The van der Waals surface area contributed by atoms with Gasteiger partial charge in [0.25, 0.3) is 0 Å². The van der Waals surface area contributed by atoms with Gasteiger partial charge in [0.05, 0.1) is 6.54 Å². The molecular weight excluding hydrogens is 303 g/mol. The Morgan fingerprint density at radius 3 is 2.88 bits per heavy atom. The van der Waals surface area contributed by atoms with Gasteiger partial charge in [-0.2, -0.15) is 0 Å². The molecule has 1 aliphatic rings. The predicted molar refractivity (Wildman–Crippen MR) is 94.5 cm³/mol. The van der Waals surface area contributed by atoms with Crippen LogP contribution in [0.25, 0.3) is 0 Å².